The summed E-state index contributed by atoms with van der Waals surface area (Å²) in [6.07, 6.45) is -0.0371. The fourth-order valence-corrected chi connectivity index (χ4v) is 1.69. The first-order valence-electron chi connectivity index (χ1n) is 4.78. The molecular formula is C11H12ClNO2. The molecule has 1 aromatic carbocycles. The highest BCUT2D eigenvalue weighted by molar-refractivity contribution is 6.30. The number of hydrogen-bond acceptors (Lipinski definition) is 2. The van der Waals surface area contributed by atoms with Gasteiger partial charge in [-0.25, -0.2) is 0 Å². The number of ether oxygens (including phenoxy) is 1. The number of nitrogens with zero attached hydrogens (tertiary/aromatic N) is 1. The van der Waals surface area contributed by atoms with E-state index < -0.39 is 0 Å². The van der Waals surface area contributed by atoms with Crippen LogP contribution >= 0.6 is 11.6 Å². The third kappa shape index (κ3) is 2.30. The van der Waals surface area contributed by atoms with Gasteiger partial charge >= 0.3 is 0 Å². The summed E-state index contributed by atoms with van der Waals surface area (Å²) in [7, 11) is 1.79. The Morgan fingerprint density at radius 1 is 1.40 bits per heavy atom. The molecule has 1 heterocycles. The van der Waals surface area contributed by atoms with Crippen molar-refractivity contribution in [2.45, 2.75) is 6.10 Å². The summed E-state index contributed by atoms with van der Waals surface area (Å²) >= 11 is 5.80. The molecule has 1 fully saturated rings. The molecule has 1 amide bonds. The Kier molecular flexibility index (Phi) is 2.93. The average Bonchev–Trinajstić information content (AvgIpc) is 2.23. The average molecular weight is 226 g/mol. The minimum Gasteiger partial charge on any atom is -0.362 e. The Morgan fingerprint density at radius 3 is 2.67 bits per heavy atom. The van der Waals surface area contributed by atoms with Gasteiger partial charge in [0.25, 0.3) is 0 Å². The number of hydrogen-bond donors (Lipinski definition) is 0. The molecule has 1 aliphatic heterocycles. The molecule has 1 aliphatic rings. The molecule has 3 nitrogen and oxygen atoms in total. The molecule has 15 heavy (non-hydrogen) atoms. The Morgan fingerprint density at radius 2 is 2.07 bits per heavy atom. The van der Waals surface area contributed by atoms with Crippen LogP contribution in [0.4, 0.5) is 0 Å². The number of carbonyl (C=O) groups excluding carboxylic acids is 1. The summed E-state index contributed by atoms with van der Waals surface area (Å²) in [5.41, 5.74) is 1.05. The SMILES string of the molecule is CN1C[C@@H](c2ccc(Cl)cc2)OCC1=O. The van der Waals surface area contributed by atoms with E-state index >= 15 is 0 Å². The summed E-state index contributed by atoms with van der Waals surface area (Å²) in [5, 5.41) is 0.707. The number of likely N-dealkylation sites (N-methyl/N-ethyl adjacent to an activating group) is 1. The van der Waals surface area contributed by atoms with Crippen molar-refractivity contribution in [3.63, 3.8) is 0 Å². The van der Waals surface area contributed by atoms with Crippen LogP contribution in [-0.4, -0.2) is 31.0 Å². The van der Waals surface area contributed by atoms with Crippen LogP contribution in [0.3, 0.4) is 0 Å². The predicted molar refractivity (Wildman–Crippen MR) is 57.8 cm³/mol. The van der Waals surface area contributed by atoms with Crippen molar-refractivity contribution in [3.05, 3.63) is 34.9 Å². The molecule has 2 rings (SSSR count). The second-order valence-electron chi connectivity index (χ2n) is 3.63. The molecule has 0 spiro atoms. The first-order valence-corrected chi connectivity index (χ1v) is 5.15. The van der Waals surface area contributed by atoms with E-state index in [1.807, 2.05) is 24.3 Å². The Balaban J connectivity index is 2.12. The largest absolute Gasteiger partial charge is 0.362 e. The smallest absolute Gasteiger partial charge is 0.248 e. The predicted octanol–water partition coefficient (Wildman–Crippen LogP) is 1.87. The number of amides is 1. The van der Waals surface area contributed by atoms with Crippen LogP contribution in [-0.2, 0) is 9.53 Å². The van der Waals surface area contributed by atoms with E-state index in [1.165, 1.54) is 0 Å². The topological polar surface area (TPSA) is 29.5 Å². The van der Waals surface area contributed by atoms with Crippen molar-refractivity contribution < 1.29 is 9.53 Å². The summed E-state index contributed by atoms with van der Waals surface area (Å²) in [6, 6.07) is 7.51. The first kappa shape index (κ1) is 10.5. The van der Waals surface area contributed by atoms with E-state index in [9.17, 15) is 4.79 Å². The maximum atomic E-state index is 11.2. The van der Waals surface area contributed by atoms with Crippen molar-refractivity contribution in [2.75, 3.05) is 20.2 Å². The van der Waals surface area contributed by atoms with Crippen molar-refractivity contribution in [3.8, 4) is 0 Å². The van der Waals surface area contributed by atoms with Crippen LogP contribution in [0, 0.1) is 0 Å². The van der Waals surface area contributed by atoms with Crippen LogP contribution in [0.15, 0.2) is 24.3 Å². The molecule has 0 N–H and O–H groups in total. The highest BCUT2D eigenvalue weighted by Crippen LogP contribution is 2.23. The van der Waals surface area contributed by atoms with Crippen LogP contribution in [0.1, 0.15) is 11.7 Å². The van der Waals surface area contributed by atoms with Gasteiger partial charge in [0.05, 0.1) is 6.54 Å². The highest BCUT2D eigenvalue weighted by atomic mass is 35.5. The van der Waals surface area contributed by atoms with Gasteiger partial charge in [-0.15, -0.1) is 0 Å². The maximum absolute atomic E-state index is 11.2. The first-order chi connectivity index (χ1) is 7.16. The maximum Gasteiger partial charge on any atom is 0.248 e. The lowest BCUT2D eigenvalue weighted by atomic mass is 10.1. The third-order valence-electron chi connectivity index (χ3n) is 2.52. The van der Waals surface area contributed by atoms with Gasteiger partial charge in [0.2, 0.25) is 5.91 Å². The number of carbonyl (C=O) groups is 1. The molecular weight excluding hydrogens is 214 g/mol. The van der Waals surface area contributed by atoms with Gasteiger partial charge in [-0.2, -0.15) is 0 Å². The van der Waals surface area contributed by atoms with Crippen molar-refractivity contribution in [1.82, 2.24) is 4.90 Å². The van der Waals surface area contributed by atoms with Crippen LogP contribution in [0.2, 0.25) is 5.02 Å². The second kappa shape index (κ2) is 4.21. The zero-order valence-electron chi connectivity index (χ0n) is 8.44. The second-order valence-corrected chi connectivity index (χ2v) is 4.06. The summed E-state index contributed by atoms with van der Waals surface area (Å²) < 4.78 is 5.45. The van der Waals surface area contributed by atoms with E-state index in [2.05, 4.69) is 0 Å². The summed E-state index contributed by atoms with van der Waals surface area (Å²) in [5.74, 6) is 0.0280. The number of morpholine rings is 1. The molecule has 0 radical (unpaired) electrons. The van der Waals surface area contributed by atoms with E-state index in [-0.39, 0.29) is 18.6 Å². The summed E-state index contributed by atoms with van der Waals surface area (Å²) in [4.78, 5) is 12.9. The molecule has 0 saturated carbocycles. The molecule has 80 valence electrons. The Hall–Kier alpha value is -1.06. The van der Waals surface area contributed by atoms with Crippen molar-refractivity contribution in [2.24, 2.45) is 0 Å². The minimum absolute atomic E-state index is 0.0280. The van der Waals surface area contributed by atoms with Crippen LogP contribution in [0.5, 0.6) is 0 Å². The van der Waals surface area contributed by atoms with Gasteiger partial charge in [0.15, 0.2) is 0 Å². The fourth-order valence-electron chi connectivity index (χ4n) is 1.56. The quantitative estimate of drug-likeness (QED) is 0.730. The molecule has 1 aromatic rings. The third-order valence-corrected chi connectivity index (χ3v) is 2.77. The molecule has 4 heteroatoms. The van der Waals surface area contributed by atoms with Crippen LogP contribution < -0.4 is 0 Å². The van der Waals surface area contributed by atoms with Gasteiger partial charge in [-0.05, 0) is 17.7 Å². The fraction of sp³-hybridized carbons (Fsp3) is 0.364. The molecule has 0 unspecified atom stereocenters. The number of benzene rings is 1. The van der Waals surface area contributed by atoms with Crippen LogP contribution in [0.25, 0.3) is 0 Å². The number of halogens is 1. The van der Waals surface area contributed by atoms with Gasteiger partial charge < -0.3 is 9.64 Å². The van der Waals surface area contributed by atoms with Gasteiger partial charge in [0.1, 0.15) is 12.7 Å². The normalized spacial score (nSPS) is 21.9. The molecule has 0 aliphatic carbocycles. The van der Waals surface area contributed by atoms with Gasteiger partial charge in [-0.3, -0.25) is 4.79 Å². The van der Waals surface area contributed by atoms with Crippen molar-refractivity contribution in [1.29, 1.82) is 0 Å². The zero-order chi connectivity index (χ0) is 10.8. The molecule has 0 aromatic heterocycles. The van der Waals surface area contributed by atoms with E-state index in [0.717, 1.165) is 5.56 Å². The number of rotatable bonds is 1. The standard InChI is InChI=1S/C11H12ClNO2/c1-13-6-10(15-7-11(13)14)8-2-4-9(12)5-3-8/h2-5,10H,6-7H2,1H3/t10-/m0/s1. The lowest BCUT2D eigenvalue weighted by molar-refractivity contribution is -0.147. The van der Waals surface area contributed by atoms with E-state index in [4.69, 9.17) is 16.3 Å². The van der Waals surface area contributed by atoms with Gasteiger partial charge in [-0.1, -0.05) is 23.7 Å². The monoisotopic (exact) mass is 225 g/mol. The van der Waals surface area contributed by atoms with E-state index in [0.29, 0.717) is 11.6 Å². The zero-order valence-corrected chi connectivity index (χ0v) is 9.20. The van der Waals surface area contributed by atoms with Crippen molar-refractivity contribution >= 4 is 17.5 Å². The van der Waals surface area contributed by atoms with Gasteiger partial charge in [0, 0.05) is 12.1 Å². The minimum atomic E-state index is -0.0371. The molecule has 0 bridgehead atoms. The molecule has 1 saturated heterocycles. The lowest BCUT2D eigenvalue weighted by Crippen LogP contribution is -2.40. The Labute approximate surface area is 93.6 Å². The Bertz CT molecular complexity index is 363. The summed E-state index contributed by atoms with van der Waals surface area (Å²) in [6.45, 7) is 0.754. The highest BCUT2D eigenvalue weighted by Gasteiger charge is 2.24. The van der Waals surface area contributed by atoms with E-state index in [1.54, 1.807) is 11.9 Å². The lowest BCUT2D eigenvalue weighted by Gasteiger charge is -2.30. The molecule has 1 atom stereocenters.